The van der Waals surface area contributed by atoms with Crippen molar-refractivity contribution in [3.8, 4) is 0 Å². The van der Waals surface area contributed by atoms with Gasteiger partial charge in [0.1, 0.15) is 17.6 Å². The molecule has 1 aromatic carbocycles. The van der Waals surface area contributed by atoms with E-state index in [0.29, 0.717) is 29.3 Å². The number of carbonyl (C=O) groups excluding carboxylic acids is 2. The quantitative estimate of drug-likeness (QED) is 0.740. The fourth-order valence-corrected chi connectivity index (χ4v) is 3.08. The van der Waals surface area contributed by atoms with Crippen LogP contribution in [0.3, 0.4) is 0 Å². The first-order chi connectivity index (χ1) is 12.4. The highest BCUT2D eigenvalue weighted by Crippen LogP contribution is 2.13. The summed E-state index contributed by atoms with van der Waals surface area (Å²) < 4.78 is 5.53. The summed E-state index contributed by atoms with van der Waals surface area (Å²) in [5.41, 5.74) is 0.473. The van der Waals surface area contributed by atoms with Gasteiger partial charge in [-0.05, 0) is 61.8 Å². The van der Waals surface area contributed by atoms with Crippen molar-refractivity contribution in [2.75, 3.05) is 19.1 Å². The highest BCUT2D eigenvalue weighted by atomic mass is 35.5. The van der Waals surface area contributed by atoms with Crippen LogP contribution < -0.4 is 5.32 Å². The lowest BCUT2D eigenvalue weighted by Crippen LogP contribution is -2.47. The van der Waals surface area contributed by atoms with Gasteiger partial charge in [0.05, 0.1) is 6.54 Å². The van der Waals surface area contributed by atoms with Crippen molar-refractivity contribution in [1.82, 2.24) is 10.2 Å². The molecule has 7 heteroatoms. The number of hydrogen-bond donors (Lipinski definition) is 1. The summed E-state index contributed by atoms with van der Waals surface area (Å²) in [5, 5.41) is 3.40. The van der Waals surface area contributed by atoms with Crippen LogP contribution in [-0.4, -0.2) is 41.8 Å². The van der Waals surface area contributed by atoms with E-state index in [2.05, 4.69) is 5.32 Å². The number of halogens is 1. The van der Waals surface area contributed by atoms with Crippen molar-refractivity contribution in [3.05, 3.63) is 58.5 Å². The standard InChI is InChI=1S/C19H23ClN2O3S/c1-13-4-9-16(25-13)12-22(2)19(24)17(10-11-26-3)21-18(23)14-5-7-15(20)8-6-14/h4-9,17H,10-12H2,1-3H3,(H,21,23)/t17-/m0/s1. The molecule has 2 amide bonds. The minimum absolute atomic E-state index is 0.143. The van der Waals surface area contributed by atoms with Gasteiger partial charge in [0, 0.05) is 17.6 Å². The van der Waals surface area contributed by atoms with Crippen LogP contribution in [0.15, 0.2) is 40.8 Å². The zero-order chi connectivity index (χ0) is 19.1. The third-order valence-corrected chi connectivity index (χ3v) is 4.78. The summed E-state index contributed by atoms with van der Waals surface area (Å²) >= 11 is 7.49. The molecule has 0 radical (unpaired) electrons. The topological polar surface area (TPSA) is 62.6 Å². The van der Waals surface area contributed by atoms with Crippen molar-refractivity contribution in [3.63, 3.8) is 0 Å². The number of hydrogen-bond acceptors (Lipinski definition) is 4. The molecule has 0 aliphatic carbocycles. The molecule has 1 atom stereocenters. The molecule has 26 heavy (non-hydrogen) atoms. The van der Waals surface area contributed by atoms with Crippen LogP contribution in [0.4, 0.5) is 0 Å². The first-order valence-corrected chi connectivity index (χ1v) is 10.0. The molecule has 0 spiro atoms. The van der Waals surface area contributed by atoms with Gasteiger partial charge in [-0.15, -0.1) is 0 Å². The van der Waals surface area contributed by atoms with E-state index in [-0.39, 0.29) is 11.8 Å². The average Bonchev–Trinajstić information content (AvgIpc) is 3.03. The molecule has 0 fully saturated rings. The largest absolute Gasteiger partial charge is 0.464 e. The molecule has 0 bridgehead atoms. The highest BCUT2D eigenvalue weighted by Gasteiger charge is 2.24. The molecule has 0 saturated heterocycles. The van der Waals surface area contributed by atoms with E-state index in [9.17, 15) is 9.59 Å². The molecule has 0 aliphatic rings. The fourth-order valence-electron chi connectivity index (χ4n) is 2.48. The Bertz CT molecular complexity index is 745. The Morgan fingerprint density at radius 3 is 2.50 bits per heavy atom. The minimum atomic E-state index is -0.591. The van der Waals surface area contributed by atoms with Gasteiger partial charge in [-0.3, -0.25) is 9.59 Å². The number of nitrogens with zero attached hydrogens (tertiary/aromatic N) is 1. The summed E-state index contributed by atoms with van der Waals surface area (Å²) in [6, 6.07) is 9.71. The molecule has 0 unspecified atom stereocenters. The normalized spacial score (nSPS) is 11.8. The van der Waals surface area contributed by atoms with Gasteiger partial charge < -0.3 is 14.6 Å². The van der Waals surface area contributed by atoms with Crippen molar-refractivity contribution in [2.24, 2.45) is 0 Å². The third-order valence-electron chi connectivity index (χ3n) is 3.89. The van der Waals surface area contributed by atoms with Crippen LogP contribution in [-0.2, 0) is 11.3 Å². The van der Waals surface area contributed by atoms with Gasteiger partial charge in [0.2, 0.25) is 5.91 Å². The summed E-state index contributed by atoms with van der Waals surface area (Å²) in [7, 11) is 1.71. The highest BCUT2D eigenvalue weighted by molar-refractivity contribution is 7.98. The number of thioether (sulfide) groups is 1. The number of likely N-dealkylation sites (N-methyl/N-ethyl adjacent to an activating group) is 1. The second-order valence-electron chi connectivity index (χ2n) is 6.02. The molecule has 2 aromatic rings. The van der Waals surface area contributed by atoms with Gasteiger partial charge in [-0.1, -0.05) is 11.6 Å². The maximum absolute atomic E-state index is 12.8. The zero-order valence-corrected chi connectivity index (χ0v) is 16.7. The predicted octanol–water partition coefficient (Wildman–Crippen LogP) is 3.75. The Labute approximate surface area is 163 Å². The first kappa shape index (κ1) is 20.4. The number of nitrogens with one attached hydrogen (secondary N) is 1. The third kappa shape index (κ3) is 5.81. The maximum Gasteiger partial charge on any atom is 0.251 e. The lowest BCUT2D eigenvalue weighted by Gasteiger charge is -2.24. The van der Waals surface area contributed by atoms with E-state index in [0.717, 1.165) is 11.5 Å². The smallest absolute Gasteiger partial charge is 0.251 e. The molecule has 0 aliphatic heterocycles. The molecule has 1 heterocycles. The molecular weight excluding hydrogens is 372 g/mol. The Morgan fingerprint density at radius 1 is 1.23 bits per heavy atom. The number of furan rings is 1. The Balaban J connectivity index is 2.05. The van der Waals surface area contributed by atoms with Crippen LogP contribution in [0.2, 0.25) is 5.02 Å². The first-order valence-electron chi connectivity index (χ1n) is 8.26. The summed E-state index contributed by atoms with van der Waals surface area (Å²) in [6.07, 6.45) is 2.53. The lowest BCUT2D eigenvalue weighted by molar-refractivity contribution is -0.132. The Kier molecular flexibility index (Phi) is 7.60. The van der Waals surface area contributed by atoms with Crippen LogP contribution in [0.5, 0.6) is 0 Å². The lowest BCUT2D eigenvalue weighted by atomic mass is 10.1. The summed E-state index contributed by atoms with van der Waals surface area (Å²) in [5.74, 6) is 1.85. The van der Waals surface area contributed by atoms with Crippen LogP contribution in [0, 0.1) is 6.92 Å². The molecule has 2 rings (SSSR count). The van der Waals surface area contributed by atoms with Gasteiger partial charge in [0.25, 0.3) is 5.91 Å². The number of benzene rings is 1. The van der Waals surface area contributed by atoms with Crippen LogP contribution in [0.1, 0.15) is 28.3 Å². The number of aryl methyl sites for hydroxylation is 1. The van der Waals surface area contributed by atoms with E-state index < -0.39 is 6.04 Å². The van der Waals surface area contributed by atoms with Gasteiger partial charge in [0.15, 0.2) is 0 Å². The fraction of sp³-hybridized carbons (Fsp3) is 0.368. The average molecular weight is 395 g/mol. The van der Waals surface area contributed by atoms with E-state index in [1.54, 1.807) is 48.0 Å². The second-order valence-corrected chi connectivity index (χ2v) is 7.44. The van der Waals surface area contributed by atoms with Crippen molar-refractivity contribution in [2.45, 2.75) is 25.9 Å². The Morgan fingerprint density at radius 2 is 1.92 bits per heavy atom. The van der Waals surface area contributed by atoms with Gasteiger partial charge in [-0.2, -0.15) is 11.8 Å². The Hall–Kier alpha value is -1.92. The number of rotatable bonds is 8. The van der Waals surface area contributed by atoms with Gasteiger partial charge in [-0.25, -0.2) is 0 Å². The monoisotopic (exact) mass is 394 g/mol. The van der Waals surface area contributed by atoms with Crippen molar-refractivity contribution < 1.29 is 14.0 Å². The van der Waals surface area contributed by atoms with E-state index in [1.165, 1.54) is 0 Å². The maximum atomic E-state index is 12.8. The van der Waals surface area contributed by atoms with E-state index in [4.69, 9.17) is 16.0 Å². The summed E-state index contributed by atoms with van der Waals surface area (Å²) in [6.45, 7) is 2.22. The second kappa shape index (κ2) is 9.69. The van der Waals surface area contributed by atoms with Gasteiger partial charge >= 0.3 is 0 Å². The predicted molar refractivity (Wildman–Crippen MR) is 106 cm³/mol. The number of carbonyl (C=O) groups is 2. The van der Waals surface area contributed by atoms with Crippen LogP contribution >= 0.6 is 23.4 Å². The number of amides is 2. The van der Waals surface area contributed by atoms with Crippen LogP contribution in [0.25, 0.3) is 0 Å². The minimum Gasteiger partial charge on any atom is -0.464 e. The molecule has 5 nitrogen and oxygen atoms in total. The SMILES string of the molecule is CSCC[C@H](NC(=O)c1ccc(Cl)cc1)C(=O)N(C)Cc1ccc(C)o1. The van der Waals surface area contributed by atoms with E-state index >= 15 is 0 Å². The molecule has 0 saturated carbocycles. The van der Waals surface area contributed by atoms with Crippen molar-refractivity contribution >= 4 is 35.2 Å². The molecular formula is C19H23ClN2O3S. The molecule has 1 N–H and O–H groups in total. The zero-order valence-electron chi connectivity index (χ0n) is 15.1. The summed E-state index contributed by atoms with van der Waals surface area (Å²) in [4.78, 5) is 26.9. The van der Waals surface area contributed by atoms with Crippen molar-refractivity contribution in [1.29, 1.82) is 0 Å². The molecule has 140 valence electrons. The molecule has 1 aromatic heterocycles. The van der Waals surface area contributed by atoms with E-state index in [1.807, 2.05) is 25.3 Å².